The van der Waals surface area contributed by atoms with E-state index in [1.165, 1.54) is 37.8 Å². The van der Waals surface area contributed by atoms with Crippen molar-refractivity contribution in [3.05, 3.63) is 66.3 Å². The van der Waals surface area contributed by atoms with Gasteiger partial charge < -0.3 is 19.9 Å². The minimum atomic E-state index is -0.580. The highest BCUT2D eigenvalue weighted by Crippen LogP contribution is 2.15. The van der Waals surface area contributed by atoms with Gasteiger partial charge >= 0.3 is 5.97 Å². The van der Waals surface area contributed by atoms with Gasteiger partial charge in [-0.15, -0.1) is 0 Å². The average molecular weight is 514 g/mol. The lowest BCUT2D eigenvalue weighted by atomic mass is 10.1. The third kappa shape index (κ3) is 16.5. The van der Waals surface area contributed by atoms with Gasteiger partial charge in [0.2, 0.25) is 0 Å². The van der Waals surface area contributed by atoms with E-state index in [0.29, 0.717) is 13.0 Å². The molecule has 0 aliphatic heterocycles. The summed E-state index contributed by atoms with van der Waals surface area (Å²) >= 11 is 0. The lowest BCUT2D eigenvalue weighted by Gasteiger charge is -2.15. The first-order chi connectivity index (χ1) is 18.1. The normalized spacial score (nSPS) is 12.5. The molecule has 0 heterocycles. The van der Waals surface area contributed by atoms with Crippen LogP contribution in [0.3, 0.4) is 0 Å². The largest absolute Gasteiger partial charge is 0.507 e. The molecule has 1 rings (SSSR count). The van der Waals surface area contributed by atoms with Crippen molar-refractivity contribution in [3.8, 4) is 5.75 Å². The number of rotatable bonds is 21. The Kier molecular flexibility index (Phi) is 19.4. The van der Waals surface area contributed by atoms with Gasteiger partial charge in [-0.1, -0.05) is 88.1 Å². The van der Waals surface area contributed by atoms with Crippen LogP contribution in [-0.4, -0.2) is 42.8 Å². The van der Waals surface area contributed by atoms with Crippen LogP contribution in [0, 0.1) is 0 Å². The molecule has 0 aliphatic rings. The Morgan fingerprint density at radius 3 is 2.22 bits per heavy atom. The molecule has 0 aliphatic carbocycles. The van der Waals surface area contributed by atoms with Crippen molar-refractivity contribution in [1.29, 1.82) is 0 Å². The lowest BCUT2D eigenvalue weighted by molar-refractivity contribution is -0.157. The van der Waals surface area contributed by atoms with E-state index in [1.54, 1.807) is 12.1 Å². The number of amides is 1. The second-order valence-electron chi connectivity index (χ2n) is 8.91. The summed E-state index contributed by atoms with van der Waals surface area (Å²) in [7, 11) is 0. The molecular weight excluding hydrogens is 466 g/mol. The van der Waals surface area contributed by atoms with Crippen LogP contribution in [0.1, 0.15) is 94.8 Å². The van der Waals surface area contributed by atoms with Crippen LogP contribution in [0.25, 0.3) is 0 Å². The van der Waals surface area contributed by atoms with E-state index >= 15 is 0 Å². The smallest absolute Gasteiger partial charge is 0.335 e. The van der Waals surface area contributed by atoms with E-state index in [-0.39, 0.29) is 24.5 Å². The summed E-state index contributed by atoms with van der Waals surface area (Å²) in [6, 6.07) is 6.30. The van der Waals surface area contributed by atoms with Crippen LogP contribution >= 0.6 is 0 Å². The van der Waals surface area contributed by atoms with Gasteiger partial charge in [-0.2, -0.15) is 0 Å². The minimum absolute atomic E-state index is 0.0561. The second-order valence-corrected chi connectivity index (χ2v) is 8.91. The van der Waals surface area contributed by atoms with Gasteiger partial charge in [0.1, 0.15) is 12.4 Å². The van der Waals surface area contributed by atoms with Crippen LogP contribution in [-0.2, 0) is 14.3 Å². The standard InChI is InChI=1S/C31H47NO5/c1-3-5-6-7-8-9-10-11-12-13-14-15-16-17-18-21-25-36-29(4-2)31(35)37-26-24-32-30(34)27-22-19-20-23-28(27)33/h5-6,8-9,11-12,19-20,22-23,29,33H,3-4,7,10,13-18,21,24-26H2,1-2H3,(H,32,34). The average Bonchev–Trinajstić information content (AvgIpc) is 2.90. The Morgan fingerprint density at radius 2 is 1.51 bits per heavy atom. The number of hydrogen-bond acceptors (Lipinski definition) is 5. The topological polar surface area (TPSA) is 84.9 Å². The number of allylic oxidation sites excluding steroid dienone is 6. The third-order valence-electron chi connectivity index (χ3n) is 5.78. The summed E-state index contributed by atoms with van der Waals surface area (Å²) in [5.41, 5.74) is 0.190. The molecule has 1 atom stereocenters. The van der Waals surface area contributed by atoms with Crippen molar-refractivity contribution in [2.75, 3.05) is 19.8 Å². The van der Waals surface area contributed by atoms with Crippen LogP contribution in [0.15, 0.2) is 60.7 Å². The van der Waals surface area contributed by atoms with Gasteiger partial charge in [0, 0.05) is 6.61 Å². The van der Waals surface area contributed by atoms with Gasteiger partial charge in [-0.05, 0) is 57.1 Å². The minimum Gasteiger partial charge on any atom is -0.507 e. The number of phenolic OH excluding ortho intramolecular Hbond substituents is 1. The molecule has 0 bridgehead atoms. The molecule has 206 valence electrons. The number of phenols is 1. The molecule has 6 heteroatoms. The molecule has 0 saturated carbocycles. The molecular formula is C31H47NO5. The summed E-state index contributed by atoms with van der Waals surface area (Å²) in [5, 5.41) is 12.3. The molecule has 6 nitrogen and oxygen atoms in total. The van der Waals surface area contributed by atoms with Gasteiger partial charge in [0.15, 0.2) is 6.10 Å². The van der Waals surface area contributed by atoms with Gasteiger partial charge in [0.25, 0.3) is 5.91 Å². The van der Waals surface area contributed by atoms with Crippen molar-refractivity contribution in [3.63, 3.8) is 0 Å². The highest BCUT2D eigenvalue weighted by atomic mass is 16.6. The van der Waals surface area contributed by atoms with Gasteiger partial charge in [-0.25, -0.2) is 4.79 Å². The first kappa shape index (κ1) is 32.2. The fourth-order valence-corrected chi connectivity index (χ4v) is 3.65. The summed E-state index contributed by atoms with van der Waals surface area (Å²) < 4.78 is 11.0. The van der Waals surface area contributed by atoms with Crippen molar-refractivity contribution >= 4 is 11.9 Å². The predicted octanol–water partition coefficient (Wildman–Crippen LogP) is 7.05. The second kappa shape index (κ2) is 22.3. The zero-order chi connectivity index (χ0) is 27.0. The predicted molar refractivity (Wildman–Crippen MR) is 151 cm³/mol. The number of ether oxygens (including phenoxy) is 2. The number of hydrogen-bond donors (Lipinski definition) is 2. The number of unbranched alkanes of at least 4 members (excludes halogenated alkanes) is 6. The van der Waals surface area contributed by atoms with Crippen LogP contribution in [0.5, 0.6) is 5.75 Å². The Labute approximate surface area is 223 Å². The Bertz CT molecular complexity index is 831. The fraction of sp³-hybridized carbons (Fsp3) is 0.548. The van der Waals surface area contributed by atoms with Crippen LogP contribution in [0.4, 0.5) is 0 Å². The molecule has 0 fully saturated rings. The molecule has 0 saturated heterocycles. The summed E-state index contributed by atoms with van der Waals surface area (Å²) in [6.07, 6.45) is 24.5. The molecule has 1 unspecified atom stereocenters. The van der Waals surface area contributed by atoms with Gasteiger partial charge in [-0.3, -0.25) is 4.79 Å². The highest BCUT2D eigenvalue weighted by Gasteiger charge is 2.18. The van der Waals surface area contributed by atoms with E-state index in [1.807, 2.05) is 6.92 Å². The van der Waals surface area contributed by atoms with E-state index in [2.05, 4.69) is 48.7 Å². The van der Waals surface area contributed by atoms with Gasteiger partial charge in [0.05, 0.1) is 12.1 Å². The molecule has 0 aromatic heterocycles. The maximum absolute atomic E-state index is 12.2. The molecule has 1 amide bonds. The molecule has 37 heavy (non-hydrogen) atoms. The third-order valence-corrected chi connectivity index (χ3v) is 5.78. The molecule has 0 spiro atoms. The summed E-state index contributed by atoms with van der Waals surface area (Å²) in [4.78, 5) is 24.3. The lowest BCUT2D eigenvalue weighted by Crippen LogP contribution is -2.31. The number of aromatic hydroxyl groups is 1. The maximum atomic E-state index is 12.2. The van der Waals surface area contributed by atoms with Crippen LogP contribution in [0.2, 0.25) is 0 Å². The number of esters is 1. The SMILES string of the molecule is CCC=CCC=CCC=CCCCCCCCCOC(CC)C(=O)OCCNC(=O)c1ccccc1O. The zero-order valence-electron chi connectivity index (χ0n) is 22.8. The van der Waals surface area contributed by atoms with E-state index in [4.69, 9.17) is 9.47 Å². The van der Waals surface area contributed by atoms with Crippen molar-refractivity contribution in [2.45, 2.75) is 90.6 Å². The van der Waals surface area contributed by atoms with Crippen molar-refractivity contribution in [2.24, 2.45) is 0 Å². The molecule has 2 N–H and O–H groups in total. The van der Waals surface area contributed by atoms with E-state index in [0.717, 1.165) is 38.5 Å². The van der Waals surface area contributed by atoms with E-state index < -0.39 is 18.0 Å². The quantitative estimate of drug-likeness (QED) is 0.104. The number of carbonyl (C=O) groups is 2. The summed E-state index contributed by atoms with van der Waals surface area (Å²) in [5.74, 6) is -0.900. The Balaban J connectivity index is 2.00. The first-order valence-electron chi connectivity index (χ1n) is 13.9. The molecule has 0 radical (unpaired) electrons. The first-order valence-corrected chi connectivity index (χ1v) is 13.9. The number of carbonyl (C=O) groups excluding carboxylic acids is 2. The number of nitrogens with one attached hydrogen (secondary N) is 1. The monoisotopic (exact) mass is 513 g/mol. The van der Waals surface area contributed by atoms with Crippen LogP contribution < -0.4 is 5.32 Å². The number of para-hydroxylation sites is 1. The maximum Gasteiger partial charge on any atom is 0.335 e. The molecule has 1 aromatic rings. The van der Waals surface area contributed by atoms with Crippen molar-refractivity contribution < 1.29 is 24.2 Å². The highest BCUT2D eigenvalue weighted by molar-refractivity contribution is 5.96. The zero-order valence-corrected chi connectivity index (χ0v) is 22.8. The van der Waals surface area contributed by atoms with Crippen molar-refractivity contribution in [1.82, 2.24) is 5.32 Å². The van der Waals surface area contributed by atoms with E-state index in [9.17, 15) is 14.7 Å². The molecule has 1 aromatic carbocycles. The number of benzene rings is 1. The fourth-order valence-electron chi connectivity index (χ4n) is 3.65. The Morgan fingerprint density at radius 1 is 0.865 bits per heavy atom. The summed E-state index contributed by atoms with van der Waals surface area (Å²) in [6.45, 7) is 4.81. The Hall–Kier alpha value is -2.86.